The average Bonchev–Trinajstić information content (AvgIpc) is 2.87. The van der Waals surface area contributed by atoms with Crippen LogP contribution in [0.1, 0.15) is 67.4 Å². The number of carbonyl (C=O) groups is 3. The summed E-state index contributed by atoms with van der Waals surface area (Å²) < 4.78 is 11.5. The van der Waals surface area contributed by atoms with Crippen molar-refractivity contribution in [1.29, 1.82) is 0 Å². The summed E-state index contributed by atoms with van der Waals surface area (Å²) in [4.78, 5) is 37.7. The Hall–Kier alpha value is -3.09. The van der Waals surface area contributed by atoms with Crippen LogP contribution in [0.4, 0.5) is 0 Å². The highest BCUT2D eigenvalue weighted by Crippen LogP contribution is 2.23. The van der Waals surface area contributed by atoms with E-state index in [1.165, 1.54) is 4.68 Å². The van der Waals surface area contributed by atoms with Crippen LogP contribution in [0, 0.1) is 27.7 Å². The van der Waals surface area contributed by atoms with E-state index in [2.05, 4.69) is 5.43 Å². The van der Waals surface area contributed by atoms with Gasteiger partial charge in [-0.2, -0.15) is 0 Å². The first kappa shape index (κ1) is 21.2. The van der Waals surface area contributed by atoms with Crippen LogP contribution in [-0.2, 0) is 9.47 Å². The molecule has 0 aliphatic carbocycles. The number of rotatable bonds is 6. The lowest BCUT2D eigenvalue weighted by Gasteiger charge is -2.13. The van der Waals surface area contributed by atoms with Crippen molar-refractivity contribution in [2.24, 2.45) is 0 Å². The third-order valence-electron chi connectivity index (χ3n) is 4.58. The molecule has 28 heavy (non-hydrogen) atoms. The second kappa shape index (κ2) is 8.73. The minimum Gasteiger partial charge on any atom is -0.462 e. The van der Waals surface area contributed by atoms with Crippen LogP contribution in [0.25, 0.3) is 0 Å². The van der Waals surface area contributed by atoms with Crippen LogP contribution in [0.3, 0.4) is 0 Å². The van der Waals surface area contributed by atoms with Gasteiger partial charge in [0.25, 0.3) is 5.91 Å². The smallest absolute Gasteiger partial charge is 0.357 e. The van der Waals surface area contributed by atoms with E-state index in [1.807, 2.05) is 19.9 Å². The molecule has 0 bridgehead atoms. The number of hydrogen-bond acceptors (Lipinski definition) is 5. The van der Waals surface area contributed by atoms with Crippen molar-refractivity contribution in [2.75, 3.05) is 18.6 Å². The Kier molecular flexibility index (Phi) is 6.62. The van der Waals surface area contributed by atoms with E-state index in [1.54, 1.807) is 39.8 Å². The third-order valence-corrected chi connectivity index (χ3v) is 4.58. The van der Waals surface area contributed by atoms with Gasteiger partial charge in [0.1, 0.15) is 0 Å². The van der Waals surface area contributed by atoms with Crippen LogP contribution in [0.15, 0.2) is 18.2 Å². The van der Waals surface area contributed by atoms with Crippen molar-refractivity contribution < 1.29 is 23.9 Å². The Bertz CT molecular complexity index is 927. The number of benzene rings is 1. The van der Waals surface area contributed by atoms with Crippen molar-refractivity contribution in [3.63, 3.8) is 0 Å². The molecule has 150 valence electrons. The summed E-state index contributed by atoms with van der Waals surface area (Å²) >= 11 is 0. The maximum atomic E-state index is 12.8. The zero-order valence-electron chi connectivity index (χ0n) is 17.1. The number of hydrogen-bond donors (Lipinski definition) is 1. The fourth-order valence-electron chi connectivity index (χ4n) is 2.97. The van der Waals surface area contributed by atoms with E-state index >= 15 is 0 Å². The summed E-state index contributed by atoms with van der Waals surface area (Å²) in [6, 6.07) is 5.33. The molecule has 0 aliphatic rings. The van der Waals surface area contributed by atoms with Gasteiger partial charge in [-0.05, 0) is 70.4 Å². The van der Waals surface area contributed by atoms with E-state index < -0.39 is 17.8 Å². The molecule has 0 saturated carbocycles. The highest BCUT2D eigenvalue weighted by Gasteiger charge is 2.29. The molecule has 0 atom stereocenters. The van der Waals surface area contributed by atoms with Gasteiger partial charge in [-0.15, -0.1) is 0 Å². The second-order valence-corrected chi connectivity index (χ2v) is 6.45. The SMILES string of the molecule is CCOC(=O)c1c(C)c(C(=O)OCC)n(NC(=O)c2ccc(C)c(C)c2)c1C. The van der Waals surface area contributed by atoms with Gasteiger partial charge in [0.15, 0.2) is 5.69 Å². The number of amides is 1. The maximum Gasteiger partial charge on any atom is 0.357 e. The summed E-state index contributed by atoms with van der Waals surface area (Å²) in [6.07, 6.45) is 0. The largest absolute Gasteiger partial charge is 0.462 e. The molecule has 0 saturated heterocycles. The lowest BCUT2D eigenvalue weighted by atomic mass is 10.1. The lowest BCUT2D eigenvalue weighted by molar-refractivity contribution is 0.0513. The van der Waals surface area contributed by atoms with Gasteiger partial charge in [-0.3, -0.25) is 10.2 Å². The summed E-state index contributed by atoms with van der Waals surface area (Å²) in [6.45, 7) is 10.9. The molecule has 0 aliphatic heterocycles. The van der Waals surface area contributed by atoms with Gasteiger partial charge in [0.05, 0.1) is 24.5 Å². The van der Waals surface area contributed by atoms with Crippen LogP contribution < -0.4 is 5.43 Å². The van der Waals surface area contributed by atoms with Crippen LogP contribution in [0.5, 0.6) is 0 Å². The number of aromatic nitrogens is 1. The van der Waals surface area contributed by atoms with Crippen LogP contribution in [0.2, 0.25) is 0 Å². The molecule has 1 amide bonds. The highest BCUT2D eigenvalue weighted by atomic mass is 16.5. The van der Waals surface area contributed by atoms with Gasteiger partial charge in [-0.25, -0.2) is 14.3 Å². The number of aryl methyl sites for hydroxylation is 2. The molecule has 2 aromatic rings. The molecule has 7 nitrogen and oxygen atoms in total. The number of ether oxygens (including phenoxy) is 2. The number of nitrogens with one attached hydrogen (secondary N) is 1. The molecule has 7 heteroatoms. The minimum atomic E-state index is -0.626. The van der Waals surface area contributed by atoms with E-state index in [4.69, 9.17) is 9.47 Å². The molecule has 0 spiro atoms. The molecule has 0 fully saturated rings. The van der Waals surface area contributed by atoms with Gasteiger partial charge < -0.3 is 9.47 Å². The fourth-order valence-corrected chi connectivity index (χ4v) is 2.97. The Morgan fingerprint density at radius 1 is 0.929 bits per heavy atom. The van der Waals surface area contributed by atoms with Crippen LogP contribution >= 0.6 is 0 Å². The first-order chi connectivity index (χ1) is 13.2. The normalized spacial score (nSPS) is 10.5. The number of nitrogens with zero attached hydrogens (tertiary/aromatic N) is 1. The average molecular weight is 386 g/mol. The number of carbonyl (C=O) groups excluding carboxylic acids is 3. The molecule has 0 radical (unpaired) electrons. The van der Waals surface area contributed by atoms with Crippen molar-refractivity contribution >= 4 is 17.8 Å². The Morgan fingerprint density at radius 3 is 2.11 bits per heavy atom. The zero-order valence-corrected chi connectivity index (χ0v) is 17.1. The Labute approximate surface area is 164 Å². The molecule has 2 rings (SSSR count). The Balaban J connectivity index is 2.52. The maximum absolute atomic E-state index is 12.8. The summed E-state index contributed by atoms with van der Waals surface area (Å²) in [5.74, 6) is -1.58. The van der Waals surface area contributed by atoms with Gasteiger partial charge in [-0.1, -0.05) is 6.07 Å². The standard InChI is InChI=1S/C21H26N2O5/c1-7-27-20(25)17-14(5)18(21(26)28-8-2)23(15(17)6)22-19(24)16-10-9-12(3)13(4)11-16/h9-11H,7-8H2,1-6H3,(H,22,24). The summed E-state index contributed by atoms with van der Waals surface area (Å²) in [7, 11) is 0. The quantitative estimate of drug-likeness (QED) is 0.769. The third kappa shape index (κ3) is 4.08. The topological polar surface area (TPSA) is 86.6 Å². The second-order valence-electron chi connectivity index (χ2n) is 6.45. The summed E-state index contributed by atoms with van der Waals surface area (Å²) in [5, 5.41) is 0. The highest BCUT2D eigenvalue weighted by molar-refractivity contribution is 6.03. The summed E-state index contributed by atoms with van der Waals surface area (Å²) in [5.41, 5.74) is 6.34. The molecule has 0 unspecified atom stereocenters. The van der Waals surface area contributed by atoms with Gasteiger partial charge >= 0.3 is 11.9 Å². The first-order valence-corrected chi connectivity index (χ1v) is 9.17. The predicted octanol–water partition coefficient (Wildman–Crippen LogP) is 3.46. The Morgan fingerprint density at radius 2 is 1.54 bits per heavy atom. The molecular weight excluding hydrogens is 360 g/mol. The molecule has 1 aromatic heterocycles. The van der Waals surface area contributed by atoms with Crippen LogP contribution in [-0.4, -0.2) is 35.7 Å². The first-order valence-electron chi connectivity index (χ1n) is 9.17. The van der Waals surface area contributed by atoms with Crippen molar-refractivity contribution in [1.82, 2.24) is 4.68 Å². The lowest BCUT2D eigenvalue weighted by Crippen LogP contribution is -2.28. The van der Waals surface area contributed by atoms with E-state index in [0.29, 0.717) is 16.8 Å². The molecular formula is C21H26N2O5. The van der Waals surface area contributed by atoms with Crippen molar-refractivity contribution in [3.05, 3.63) is 57.4 Å². The van der Waals surface area contributed by atoms with Gasteiger partial charge in [0, 0.05) is 5.56 Å². The zero-order chi connectivity index (χ0) is 21.0. The molecule has 1 heterocycles. The van der Waals surface area contributed by atoms with E-state index in [0.717, 1.165) is 11.1 Å². The molecule has 1 N–H and O–H groups in total. The van der Waals surface area contributed by atoms with Gasteiger partial charge in [0.2, 0.25) is 0 Å². The van der Waals surface area contributed by atoms with Crippen molar-refractivity contribution in [3.8, 4) is 0 Å². The van der Waals surface area contributed by atoms with Crippen molar-refractivity contribution in [2.45, 2.75) is 41.5 Å². The van der Waals surface area contributed by atoms with E-state index in [9.17, 15) is 14.4 Å². The predicted molar refractivity (Wildman–Crippen MR) is 105 cm³/mol. The number of esters is 2. The van der Waals surface area contributed by atoms with E-state index in [-0.39, 0.29) is 24.5 Å². The molecule has 1 aromatic carbocycles. The monoisotopic (exact) mass is 386 g/mol. The fraction of sp³-hybridized carbons (Fsp3) is 0.381. The minimum absolute atomic E-state index is 0.0968.